The molecule has 1 aromatic carbocycles. The Morgan fingerprint density at radius 2 is 2.00 bits per heavy atom. The number of alkyl halides is 1. The maximum Gasteiger partial charge on any atom is 0.166 e. The molecule has 0 spiro atoms. The van der Waals surface area contributed by atoms with E-state index in [0.717, 1.165) is 5.56 Å². The molecule has 0 atom stereocenters. The Hall–Kier alpha value is -1.58. The van der Waals surface area contributed by atoms with E-state index in [1.165, 1.54) is 21.1 Å². The van der Waals surface area contributed by atoms with Crippen LogP contribution in [-0.2, 0) is 17.9 Å². The number of ether oxygens (including phenoxy) is 2. The number of carbonyl (C=O) groups excluding carboxylic acids is 1. The molecular formula is C12H15FO3. The number of carbonyl (C=O) groups is 1. The number of rotatable bonds is 5. The Morgan fingerprint density at radius 3 is 2.44 bits per heavy atom. The van der Waals surface area contributed by atoms with E-state index in [-0.39, 0.29) is 12.2 Å². The highest BCUT2D eigenvalue weighted by Gasteiger charge is 2.12. The van der Waals surface area contributed by atoms with Crippen molar-refractivity contribution in [3.8, 4) is 11.5 Å². The van der Waals surface area contributed by atoms with Gasteiger partial charge in [0.15, 0.2) is 11.5 Å². The maximum absolute atomic E-state index is 12.8. The van der Waals surface area contributed by atoms with Gasteiger partial charge in [-0.2, -0.15) is 0 Å². The van der Waals surface area contributed by atoms with Gasteiger partial charge in [0.05, 0.1) is 14.2 Å². The first-order chi connectivity index (χ1) is 7.62. The fourth-order valence-corrected chi connectivity index (χ4v) is 1.60. The van der Waals surface area contributed by atoms with Crippen molar-refractivity contribution in [1.82, 2.24) is 0 Å². The van der Waals surface area contributed by atoms with Crippen molar-refractivity contribution in [2.24, 2.45) is 0 Å². The van der Waals surface area contributed by atoms with Crippen LogP contribution in [0.1, 0.15) is 18.1 Å². The van der Waals surface area contributed by atoms with E-state index in [2.05, 4.69) is 0 Å². The van der Waals surface area contributed by atoms with Crippen LogP contribution in [0, 0.1) is 0 Å². The van der Waals surface area contributed by atoms with Gasteiger partial charge in [-0.3, -0.25) is 4.79 Å². The van der Waals surface area contributed by atoms with Gasteiger partial charge in [0.25, 0.3) is 0 Å². The normalized spacial score (nSPS) is 10.0. The van der Waals surface area contributed by atoms with Gasteiger partial charge in [-0.1, -0.05) is 0 Å². The predicted molar refractivity (Wildman–Crippen MR) is 58.7 cm³/mol. The second kappa shape index (κ2) is 5.49. The van der Waals surface area contributed by atoms with Crippen LogP contribution in [0.5, 0.6) is 11.5 Å². The summed E-state index contributed by atoms with van der Waals surface area (Å²) in [6.45, 7) is 0.844. The van der Waals surface area contributed by atoms with Crippen LogP contribution in [0.3, 0.4) is 0 Å². The molecule has 0 radical (unpaired) electrons. The van der Waals surface area contributed by atoms with Crippen molar-refractivity contribution in [3.63, 3.8) is 0 Å². The van der Waals surface area contributed by atoms with Gasteiger partial charge in [-0.15, -0.1) is 0 Å². The van der Waals surface area contributed by atoms with Crippen LogP contribution in [0.15, 0.2) is 12.1 Å². The minimum atomic E-state index is -0.648. The van der Waals surface area contributed by atoms with Gasteiger partial charge >= 0.3 is 0 Å². The van der Waals surface area contributed by atoms with Crippen molar-refractivity contribution in [1.29, 1.82) is 0 Å². The molecule has 0 unspecified atom stereocenters. The second-order valence-electron chi connectivity index (χ2n) is 3.50. The lowest BCUT2D eigenvalue weighted by atomic mass is 10.0. The standard InChI is InChI=1S/C12H15FO3/c1-8(14)4-9-5-10(7-13)12(16-3)11(6-9)15-2/h5-6H,4,7H2,1-3H3. The molecule has 0 saturated carbocycles. The Balaban J connectivity index is 3.20. The van der Waals surface area contributed by atoms with Gasteiger partial charge in [0.2, 0.25) is 0 Å². The summed E-state index contributed by atoms with van der Waals surface area (Å²) >= 11 is 0. The monoisotopic (exact) mass is 226 g/mol. The highest BCUT2D eigenvalue weighted by atomic mass is 19.1. The van der Waals surface area contributed by atoms with E-state index in [1.807, 2.05) is 0 Å². The second-order valence-corrected chi connectivity index (χ2v) is 3.50. The molecule has 0 aliphatic carbocycles. The molecule has 0 amide bonds. The predicted octanol–water partition coefficient (Wildman–Crippen LogP) is 2.30. The van der Waals surface area contributed by atoms with E-state index in [0.29, 0.717) is 17.1 Å². The zero-order chi connectivity index (χ0) is 12.1. The molecule has 0 N–H and O–H groups in total. The molecule has 3 nitrogen and oxygen atoms in total. The number of methoxy groups -OCH3 is 2. The number of ketones is 1. The first-order valence-electron chi connectivity index (χ1n) is 4.91. The van der Waals surface area contributed by atoms with E-state index in [1.54, 1.807) is 12.1 Å². The number of hydrogen-bond donors (Lipinski definition) is 0. The summed E-state index contributed by atoms with van der Waals surface area (Å²) in [5, 5.41) is 0. The first-order valence-corrected chi connectivity index (χ1v) is 4.91. The molecule has 1 rings (SSSR count). The number of halogens is 1. The van der Waals surface area contributed by atoms with Crippen LogP contribution in [0.25, 0.3) is 0 Å². The fourth-order valence-electron chi connectivity index (χ4n) is 1.60. The van der Waals surface area contributed by atoms with Gasteiger partial charge in [-0.05, 0) is 24.6 Å². The Labute approximate surface area is 94.2 Å². The molecule has 0 aliphatic rings. The first kappa shape index (κ1) is 12.5. The number of benzene rings is 1. The smallest absolute Gasteiger partial charge is 0.166 e. The van der Waals surface area contributed by atoms with Gasteiger partial charge in [0, 0.05) is 12.0 Å². The molecular weight excluding hydrogens is 211 g/mol. The van der Waals surface area contributed by atoms with Crippen LogP contribution < -0.4 is 9.47 Å². The summed E-state index contributed by atoms with van der Waals surface area (Å²) < 4.78 is 23.0. The molecule has 0 aliphatic heterocycles. The molecule has 1 aromatic rings. The summed E-state index contributed by atoms with van der Waals surface area (Å²) in [7, 11) is 2.94. The Morgan fingerprint density at radius 1 is 1.31 bits per heavy atom. The quantitative estimate of drug-likeness (QED) is 0.772. The lowest BCUT2D eigenvalue weighted by Crippen LogP contribution is -2.01. The molecule has 0 saturated heterocycles. The minimum Gasteiger partial charge on any atom is -0.493 e. The Kier molecular flexibility index (Phi) is 4.28. The average molecular weight is 226 g/mol. The van der Waals surface area contributed by atoms with Crippen LogP contribution in [-0.4, -0.2) is 20.0 Å². The maximum atomic E-state index is 12.8. The van der Waals surface area contributed by atoms with Gasteiger partial charge in [0.1, 0.15) is 12.5 Å². The molecule has 4 heteroatoms. The summed E-state index contributed by atoms with van der Waals surface area (Å²) in [6.07, 6.45) is 0.271. The summed E-state index contributed by atoms with van der Waals surface area (Å²) in [6, 6.07) is 3.32. The lowest BCUT2D eigenvalue weighted by molar-refractivity contribution is -0.116. The third kappa shape index (κ3) is 2.72. The van der Waals surface area contributed by atoms with E-state index < -0.39 is 6.67 Å². The topological polar surface area (TPSA) is 35.5 Å². The SMILES string of the molecule is COc1cc(CC(C)=O)cc(CF)c1OC. The van der Waals surface area contributed by atoms with E-state index >= 15 is 0 Å². The molecule has 0 fully saturated rings. The third-order valence-electron chi connectivity index (χ3n) is 2.21. The van der Waals surface area contributed by atoms with Crippen LogP contribution in [0.2, 0.25) is 0 Å². The fraction of sp³-hybridized carbons (Fsp3) is 0.417. The van der Waals surface area contributed by atoms with Crippen molar-refractivity contribution < 1.29 is 18.7 Å². The number of hydrogen-bond acceptors (Lipinski definition) is 3. The summed E-state index contributed by atoms with van der Waals surface area (Å²) in [5.74, 6) is 0.864. The van der Waals surface area contributed by atoms with Crippen molar-refractivity contribution >= 4 is 5.78 Å². The zero-order valence-electron chi connectivity index (χ0n) is 9.67. The molecule has 0 aromatic heterocycles. The molecule has 88 valence electrons. The van der Waals surface area contributed by atoms with E-state index in [9.17, 15) is 9.18 Å². The lowest BCUT2D eigenvalue weighted by Gasteiger charge is -2.12. The highest BCUT2D eigenvalue weighted by molar-refractivity contribution is 5.78. The van der Waals surface area contributed by atoms with Crippen molar-refractivity contribution in [2.75, 3.05) is 14.2 Å². The van der Waals surface area contributed by atoms with Crippen LogP contribution >= 0.6 is 0 Å². The summed E-state index contributed by atoms with van der Waals surface area (Å²) in [5.41, 5.74) is 1.14. The van der Waals surface area contributed by atoms with E-state index in [4.69, 9.17) is 9.47 Å². The third-order valence-corrected chi connectivity index (χ3v) is 2.21. The van der Waals surface area contributed by atoms with Crippen molar-refractivity contribution in [3.05, 3.63) is 23.3 Å². The number of Topliss-reactive ketones (excluding diaryl/α,β-unsaturated/α-hetero) is 1. The van der Waals surface area contributed by atoms with Crippen LogP contribution in [0.4, 0.5) is 4.39 Å². The van der Waals surface area contributed by atoms with Gasteiger partial charge in [-0.25, -0.2) is 4.39 Å². The largest absolute Gasteiger partial charge is 0.493 e. The molecule has 0 heterocycles. The van der Waals surface area contributed by atoms with Crippen molar-refractivity contribution in [2.45, 2.75) is 20.0 Å². The highest BCUT2D eigenvalue weighted by Crippen LogP contribution is 2.33. The summed E-state index contributed by atoms with van der Waals surface area (Å²) in [4.78, 5) is 11.0. The Bertz CT molecular complexity index is 363. The minimum absolute atomic E-state index is 0.0250. The van der Waals surface area contributed by atoms with Gasteiger partial charge < -0.3 is 9.47 Å². The zero-order valence-corrected chi connectivity index (χ0v) is 9.67. The average Bonchev–Trinajstić information content (AvgIpc) is 2.26. The molecule has 16 heavy (non-hydrogen) atoms. The molecule has 0 bridgehead atoms.